The molecule has 1 aromatic carbocycles. The van der Waals surface area contributed by atoms with Gasteiger partial charge in [0.15, 0.2) is 8.32 Å². The second kappa shape index (κ2) is 7.94. The van der Waals surface area contributed by atoms with Crippen LogP contribution < -0.4 is 5.32 Å². The Hall–Kier alpha value is -0.993. The Labute approximate surface area is 159 Å². The Balaban J connectivity index is 2.06. The van der Waals surface area contributed by atoms with Gasteiger partial charge in [-0.1, -0.05) is 45.6 Å². The van der Waals surface area contributed by atoms with Gasteiger partial charge in [-0.3, -0.25) is 0 Å². The summed E-state index contributed by atoms with van der Waals surface area (Å²) < 4.78 is 33.7. The van der Waals surface area contributed by atoms with Crippen molar-refractivity contribution >= 4 is 24.4 Å². The SMILES string of the molecule is C=Cc1ccc(S(=O)(=O)N2CCNC(CO[Si](C)(C)C(C)(C)C)C2)cc1. The van der Waals surface area contributed by atoms with E-state index < -0.39 is 18.3 Å². The topological polar surface area (TPSA) is 58.6 Å². The first-order chi connectivity index (χ1) is 12.0. The highest BCUT2D eigenvalue weighted by molar-refractivity contribution is 7.89. The van der Waals surface area contributed by atoms with E-state index in [0.29, 0.717) is 31.1 Å². The van der Waals surface area contributed by atoms with E-state index >= 15 is 0 Å². The van der Waals surface area contributed by atoms with E-state index in [1.165, 1.54) is 0 Å². The first kappa shape index (κ1) is 21.3. The van der Waals surface area contributed by atoms with Gasteiger partial charge >= 0.3 is 0 Å². The smallest absolute Gasteiger partial charge is 0.243 e. The molecule has 1 unspecified atom stereocenters. The summed E-state index contributed by atoms with van der Waals surface area (Å²) in [6, 6.07) is 6.87. The molecule has 0 amide bonds. The van der Waals surface area contributed by atoms with Crippen molar-refractivity contribution in [3.63, 3.8) is 0 Å². The monoisotopic (exact) mass is 396 g/mol. The largest absolute Gasteiger partial charge is 0.415 e. The van der Waals surface area contributed by atoms with Crippen LogP contribution in [0.25, 0.3) is 6.08 Å². The Morgan fingerprint density at radius 2 is 1.92 bits per heavy atom. The fourth-order valence-corrected chi connectivity index (χ4v) is 5.11. The Morgan fingerprint density at radius 1 is 1.31 bits per heavy atom. The summed E-state index contributed by atoms with van der Waals surface area (Å²) in [5.74, 6) is 0. The van der Waals surface area contributed by atoms with Gasteiger partial charge in [-0.05, 0) is 35.8 Å². The summed E-state index contributed by atoms with van der Waals surface area (Å²) in [5.41, 5.74) is 0.907. The van der Waals surface area contributed by atoms with Crippen molar-refractivity contribution in [3.8, 4) is 0 Å². The van der Waals surface area contributed by atoms with Crippen LogP contribution in [0.1, 0.15) is 26.3 Å². The van der Waals surface area contributed by atoms with Crippen molar-refractivity contribution < 1.29 is 12.8 Å². The Kier molecular flexibility index (Phi) is 6.51. The van der Waals surface area contributed by atoms with Crippen LogP contribution in [0.4, 0.5) is 0 Å². The van der Waals surface area contributed by atoms with Crippen molar-refractivity contribution in [1.29, 1.82) is 0 Å². The van der Waals surface area contributed by atoms with E-state index in [1.54, 1.807) is 34.6 Å². The fraction of sp³-hybridized carbons (Fsp3) is 0.579. The zero-order valence-electron chi connectivity index (χ0n) is 16.6. The third kappa shape index (κ3) is 4.83. The van der Waals surface area contributed by atoms with E-state index in [2.05, 4.69) is 45.8 Å². The molecule has 5 nitrogen and oxygen atoms in total. The molecule has 1 aromatic rings. The number of piperazine rings is 1. The van der Waals surface area contributed by atoms with Crippen LogP contribution in [-0.2, 0) is 14.4 Å². The van der Waals surface area contributed by atoms with Gasteiger partial charge in [0.2, 0.25) is 10.0 Å². The van der Waals surface area contributed by atoms with Crippen LogP contribution in [-0.4, -0.2) is 53.3 Å². The highest BCUT2D eigenvalue weighted by Crippen LogP contribution is 2.36. The van der Waals surface area contributed by atoms with Gasteiger partial charge < -0.3 is 9.74 Å². The van der Waals surface area contributed by atoms with Gasteiger partial charge in [0.25, 0.3) is 0 Å². The molecule has 1 heterocycles. The van der Waals surface area contributed by atoms with E-state index in [0.717, 1.165) is 5.56 Å². The molecule has 0 bridgehead atoms. The molecule has 1 atom stereocenters. The maximum atomic E-state index is 12.9. The van der Waals surface area contributed by atoms with Crippen molar-refractivity contribution in [2.45, 2.75) is 49.8 Å². The molecule has 146 valence electrons. The summed E-state index contributed by atoms with van der Waals surface area (Å²) in [6.07, 6.45) is 1.70. The van der Waals surface area contributed by atoms with Gasteiger partial charge in [0.05, 0.1) is 11.5 Å². The van der Waals surface area contributed by atoms with E-state index in [9.17, 15) is 8.42 Å². The highest BCUT2D eigenvalue weighted by Gasteiger charge is 2.38. The van der Waals surface area contributed by atoms with E-state index in [-0.39, 0.29) is 11.1 Å². The van der Waals surface area contributed by atoms with Crippen molar-refractivity contribution in [2.75, 3.05) is 26.2 Å². The summed E-state index contributed by atoms with van der Waals surface area (Å²) in [4.78, 5) is 0.328. The van der Waals surface area contributed by atoms with Crippen LogP contribution in [0, 0.1) is 0 Å². The lowest BCUT2D eigenvalue weighted by molar-refractivity contribution is 0.198. The lowest BCUT2D eigenvalue weighted by Crippen LogP contribution is -2.55. The zero-order chi connectivity index (χ0) is 19.6. The standard InChI is InChI=1S/C19H32N2O3SSi/c1-7-16-8-10-18(11-9-16)25(22,23)21-13-12-20-17(14-21)15-24-26(5,6)19(2,3)4/h7-11,17,20H,1,12-15H2,2-6H3. The zero-order valence-corrected chi connectivity index (χ0v) is 18.4. The van der Waals surface area contributed by atoms with Gasteiger partial charge in [-0.25, -0.2) is 8.42 Å². The molecule has 0 radical (unpaired) electrons. The van der Waals surface area contributed by atoms with Gasteiger partial charge in [0.1, 0.15) is 0 Å². The number of hydrogen-bond donors (Lipinski definition) is 1. The van der Waals surface area contributed by atoms with Crippen molar-refractivity contribution in [3.05, 3.63) is 36.4 Å². The van der Waals surface area contributed by atoms with Crippen LogP contribution in [0.3, 0.4) is 0 Å². The van der Waals surface area contributed by atoms with E-state index in [1.807, 2.05) is 0 Å². The van der Waals surface area contributed by atoms with Gasteiger partial charge in [0, 0.05) is 25.7 Å². The molecule has 0 aliphatic carbocycles. The Morgan fingerprint density at radius 3 is 2.46 bits per heavy atom. The predicted octanol–water partition coefficient (Wildman–Crippen LogP) is 3.31. The number of nitrogens with zero attached hydrogens (tertiary/aromatic N) is 1. The fourth-order valence-electron chi connectivity index (χ4n) is 2.58. The molecular formula is C19H32N2O3SSi. The highest BCUT2D eigenvalue weighted by atomic mass is 32.2. The number of nitrogens with one attached hydrogen (secondary N) is 1. The minimum atomic E-state index is -3.49. The number of benzene rings is 1. The molecule has 0 aromatic heterocycles. The van der Waals surface area contributed by atoms with Gasteiger partial charge in [-0.2, -0.15) is 4.31 Å². The van der Waals surface area contributed by atoms with Crippen LogP contribution in [0.15, 0.2) is 35.7 Å². The second-order valence-electron chi connectivity index (χ2n) is 8.36. The second-order valence-corrected chi connectivity index (χ2v) is 15.1. The van der Waals surface area contributed by atoms with Crippen LogP contribution >= 0.6 is 0 Å². The normalized spacial score (nSPS) is 20.1. The summed E-state index contributed by atoms with van der Waals surface area (Å²) in [5, 5.41) is 3.53. The molecule has 1 saturated heterocycles. The third-order valence-corrected chi connectivity index (χ3v) is 11.8. The predicted molar refractivity (Wildman–Crippen MR) is 110 cm³/mol. The van der Waals surface area contributed by atoms with Crippen molar-refractivity contribution in [2.24, 2.45) is 0 Å². The molecule has 2 rings (SSSR count). The molecule has 7 heteroatoms. The van der Waals surface area contributed by atoms with Crippen LogP contribution in [0.2, 0.25) is 18.1 Å². The molecule has 0 spiro atoms. The summed E-state index contributed by atoms with van der Waals surface area (Å²) in [6.45, 7) is 16.8. The average Bonchev–Trinajstić information content (AvgIpc) is 2.59. The Bertz CT molecular complexity index is 724. The molecule has 1 aliphatic rings. The molecule has 1 aliphatic heterocycles. The molecule has 1 fully saturated rings. The quantitative estimate of drug-likeness (QED) is 0.750. The molecular weight excluding hydrogens is 364 g/mol. The maximum absolute atomic E-state index is 12.9. The third-order valence-electron chi connectivity index (χ3n) is 5.42. The lowest BCUT2D eigenvalue weighted by atomic mass is 10.2. The number of rotatable bonds is 6. The average molecular weight is 397 g/mol. The first-order valence-corrected chi connectivity index (χ1v) is 13.4. The van der Waals surface area contributed by atoms with Crippen molar-refractivity contribution in [1.82, 2.24) is 9.62 Å². The molecule has 1 N–H and O–H groups in total. The lowest BCUT2D eigenvalue weighted by Gasteiger charge is -2.39. The minimum Gasteiger partial charge on any atom is -0.415 e. The minimum absolute atomic E-state index is 0.0140. The first-order valence-electron chi connectivity index (χ1n) is 9.07. The number of sulfonamides is 1. The van der Waals surface area contributed by atoms with Gasteiger partial charge in [-0.15, -0.1) is 0 Å². The molecule has 0 saturated carbocycles. The number of hydrogen-bond acceptors (Lipinski definition) is 4. The van der Waals surface area contributed by atoms with E-state index in [4.69, 9.17) is 4.43 Å². The summed E-state index contributed by atoms with van der Waals surface area (Å²) >= 11 is 0. The molecule has 26 heavy (non-hydrogen) atoms. The van der Waals surface area contributed by atoms with Crippen LogP contribution in [0.5, 0.6) is 0 Å². The maximum Gasteiger partial charge on any atom is 0.243 e. The summed E-state index contributed by atoms with van der Waals surface area (Å²) in [7, 11) is -5.34.